The predicted molar refractivity (Wildman–Crippen MR) is 120 cm³/mol. The highest BCUT2D eigenvalue weighted by atomic mass is 32.2. The van der Waals surface area contributed by atoms with E-state index in [1.54, 1.807) is 42.9 Å². The normalized spacial score (nSPS) is 11.6. The first-order chi connectivity index (χ1) is 16.4. The zero-order valence-electron chi connectivity index (χ0n) is 17.5. The Labute approximate surface area is 193 Å². The van der Waals surface area contributed by atoms with Crippen LogP contribution in [0.3, 0.4) is 0 Å². The predicted octanol–water partition coefficient (Wildman–Crippen LogP) is 3.05. The van der Waals surface area contributed by atoms with Gasteiger partial charge in [-0.2, -0.15) is 10.2 Å². The van der Waals surface area contributed by atoms with Crippen LogP contribution in [0.1, 0.15) is 15.9 Å². The van der Waals surface area contributed by atoms with Crippen LogP contribution in [0.2, 0.25) is 0 Å². The Morgan fingerprint density at radius 3 is 2.65 bits per heavy atom. The summed E-state index contributed by atoms with van der Waals surface area (Å²) in [6, 6.07) is 13.1. The van der Waals surface area contributed by atoms with Crippen molar-refractivity contribution in [2.45, 2.75) is 16.3 Å². The van der Waals surface area contributed by atoms with Gasteiger partial charge in [-0.05, 0) is 42.0 Å². The SMILES string of the molecule is O=C(NCc1ccc(S(=O)(=O)c2ccc(-n3cccn3)cc2F)cc1)c1cnc2[nH]ncc2c1. The summed E-state index contributed by atoms with van der Waals surface area (Å²) in [4.78, 5) is 16.1. The smallest absolute Gasteiger partial charge is 0.253 e. The number of halogens is 1. The number of carbonyl (C=O) groups is 1. The van der Waals surface area contributed by atoms with Crippen molar-refractivity contribution in [2.24, 2.45) is 0 Å². The van der Waals surface area contributed by atoms with Crippen LogP contribution < -0.4 is 5.32 Å². The third-order valence-corrected chi connectivity index (χ3v) is 7.02. The highest BCUT2D eigenvalue weighted by Gasteiger charge is 2.22. The van der Waals surface area contributed by atoms with Crippen LogP contribution in [0.25, 0.3) is 16.7 Å². The molecule has 0 spiro atoms. The van der Waals surface area contributed by atoms with Crippen molar-refractivity contribution < 1.29 is 17.6 Å². The van der Waals surface area contributed by atoms with Gasteiger partial charge in [-0.3, -0.25) is 9.89 Å². The second-order valence-corrected chi connectivity index (χ2v) is 9.35. The molecule has 11 heteroatoms. The number of nitrogens with zero attached hydrogens (tertiary/aromatic N) is 4. The maximum atomic E-state index is 14.7. The molecule has 2 N–H and O–H groups in total. The number of pyridine rings is 1. The van der Waals surface area contributed by atoms with Gasteiger partial charge in [0.25, 0.3) is 5.91 Å². The van der Waals surface area contributed by atoms with Gasteiger partial charge < -0.3 is 5.32 Å². The topological polar surface area (TPSA) is 123 Å². The summed E-state index contributed by atoms with van der Waals surface area (Å²) >= 11 is 0. The molecule has 0 atom stereocenters. The standard InChI is InChI=1S/C23H17FN6O3S/c24-20-11-18(30-9-1-8-28-30)4-7-21(20)34(32,33)19-5-2-15(3-6-19)12-26-23(31)17-10-16-14-27-29-22(16)25-13-17/h1-11,13-14H,12H2,(H,26,31)(H,25,27,29). The molecular formula is C23H17FN6O3S. The molecule has 0 unspecified atom stereocenters. The van der Waals surface area contributed by atoms with Gasteiger partial charge >= 0.3 is 0 Å². The quantitative estimate of drug-likeness (QED) is 0.388. The zero-order valence-corrected chi connectivity index (χ0v) is 18.3. The number of H-pyrrole nitrogens is 1. The lowest BCUT2D eigenvalue weighted by Crippen LogP contribution is -2.22. The summed E-state index contributed by atoms with van der Waals surface area (Å²) in [6.07, 6.45) is 6.19. The molecule has 3 heterocycles. The third-order valence-electron chi connectivity index (χ3n) is 5.21. The van der Waals surface area contributed by atoms with Crippen LogP contribution in [-0.2, 0) is 16.4 Å². The van der Waals surface area contributed by atoms with Crippen LogP contribution in [-0.4, -0.2) is 39.3 Å². The van der Waals surface area contributed by atoms with Crippen molar-refractivity contribution >= 4 is 26.8 Å². The lowest BCUT2D eigenvalue weighted by molar-refractivity contribution is 0.0950. The minimum absolute atomic E-state index is 0.0528. The number of fused-ring (bicyclic) bond motifs is 1. The zero-order chi connectivity index (χ0) is 23.7. The largest absolute Gasteiger partial charge is 0.348 e. The van der Waals surface area contributed by atoms with Gasteiger partial charge in [-0.15, -0.1) is 0 Å². The van der Waals surface area contributed by atoms with Crippen molar-refractivity contribution in [1.29, 1.82) is 0 Å². The molecule has 0 fully saturated rings. The molecule has 0 radical (unpaired) electrons. The van der Waals surface area contributed by atoms with Gasteiger partial charge in [0.05, 0.1) is 22.3 Å². The lowest BCUT2D eigenvalue weighted by Gasteiger charge is -2.09. The Kier molecular flexibility index (Phi) is 5.38. The molecule has 170 valence electrons. The number of sulfone groups is 1. The summed E-state index contributed by atoms with van der Waals surface area (Å²) in [5, 5.41) is 14.1. The van der Waals surface area contributed by atoms with Crippen LogP contribution in [0.5, 0.6) is 0 Å². The summed E-state index contributed by atoms with van der Waals surface area (Å²) in [7, 11) is -4.07. The Morgan fingerprint density at radius 1 is 1.09 bits per heavy atom. The van der Waals surface area contributed by atoms with Crippen LogP contribution in [0.15, 0.2) is 89.2 Å². The Morgan fingerprint density at radius 2 is 1.91 bits per heavy atom. The van der Waals surface area contributed by atoms with E-state index in [9.17, 15) is 17.6 Å². The summed E-state index contributed by atoms with van der Waals surface area (Å²) in [6.45, 7) is 0.176. The first-order valence-corrected chi connectivity index (χ1v) is 11.6. The molecule has 1 amide bonds. The second kappa shape index (κ2) is 8.52. The average Bonchev–Trinajstić information content (AvgIpc) is 3.54. The number of aromatic nitrogens is 5. The highest BCUT2D eigenvalue weighted by Crippen LogP contribution is 2.25. The first-order valence-electron chi connectivity index (χ1n) is 10.1. The maximum Gasteiger partial charge on any atom is 0.253 e. The molecule has 34 heavy (non-hydrogen) atoms. The van der Waals surface area contributed by atoms with Gasteiger partial charge in [-0.25, -0.2) is 22.5 Å². The first kappa shape index (κ1) is 21.5. The molecule has 5 rings (SSSR count). The fraction of sp³-hybridized carbons (Fsp3) is 0.0435. The van der Waals surface area contributed by atoms with Gasteiger partial charge in [0.1, 0.15) is 10.7 Å². The fourth-order valence-electron chi connectivity index (χ4n) is 3.43. The van der Waals surface area contributed by atoms with Crippen molar-refractivity contribution in [3.8, 4) is 5.69 Å². The minimum atomic E-state index is -4.07. The van der Waals surface area contributed by atoms with E-state index in [2.05, 4.69) is 25.6 Å². The third kappa shape index (κ3) is 4.04. The molecule has 0 aliphatic heterocycles. The number of benzene rings is 2. The van der Waals surface area contributed by atoms with E-state index >= 15 is 0 Å². The molecule has 5 aromatic rings. The van der Waals surface area contributed by atoms with Gasteiger partial charge in [-0.1, -0.05) is 12.1 Å². The maximum absolute atomic E-state index is 14.7. The molecule has 0 saturated heterocycles. The number of nitrogens with one attached hydrogen (secondary N) is 2. The summed E-state index contributed by atoms with van der Waals surface area (Å²) < 4.78 is 42.0. The molecule has 0 aliphatic carbocycles. The number of amides is 1. The van der Waals surface area contributed by atoms with Gasteiger partial charge in [0, 0.05) is 36.6 Å². The van der Waals surface area contributed by atoms with Crippen molar-refractivity contribution in [3.05, 3.63) is 96.3 Å². The van der Waals surface area contributed by atoms with Crippen LogP contribution in [0.4, 0.5) is 4.39 Å². The van der Waals surface area contributed by atoms with E-state index in [1.807, 2.05) is 0 Å². The van der Waals surface area contributed by atoms with E-state index in [0.29, 0.717) is 27.8 Å². The van der Waals surface area contributed by atoms with E-state index < -0.39 is 20.5 Å². The fourth-order valence-corrected chi connectivity index (χ4v) is 4.74. The lowest BCUT2D eigenvalue weighted by atomic mass is 10.2. The average molecular weight is 476 g/mol. The second-order valence-electron chi connectivity index (χ2n) is 7.43. The molecule has 0 bridgehead atoms. The summed E-state index contributed by atoms with van der Waals surface area (Å²) in [5.74, 6) is -1.20. The number of carbonyl (C=O) groups excluding carboxylic acids is 1. The van der Waals surface area contributed by atoms with E-state index in [0.717, 1.165) is 6.07 Å². The Hall–Kier alpha value is -4.38. The number of hydrogen-bond donors (Lipinski definition) is 2. The monoisotopic (exact) mass is 476 g/mol. The van der Waals surface area contributed by atoms with Gasteiger partial charge in [0.15, 0.2) is 5.65 Å². The van der Waals surface area contributed by atoms with E-state index in [4.69, 9.17) is 0 Å². The summed E-state index contributed by atoms with van der Waals surface area (Å²) in [5.41, 5.74) is 2.05. The molecule has 9 nitrogen and oxygen atoms in total. The molecule has 0 saturated carbocycles. The highest BCUT2D eigenvalue weighted by molar-refractivity contribution is 7.91. The van der Waals surface area contributed by atoms with Crippen molar-refractivity contribution in [2.75, 3.05) is 0 Å². The van der Waals surface area contributed by atoms with Gasteiger partial charge in [0.2, 0.25) is 9.84 Å². The van der Waals surface area contributed by atoms with Crippen LogP contribution >= 0.6 is 0 Å². The molecule has 0 aliphatic rings. The molecular weight excluding hydrogens is 459 g/mol. The molecule has 3 aromatic heterocycles. The minimum Gasteiger partial charge on any atom is -0.348 e. The van der Waals surface area contributed by atoms with Crippen molar-refractivity contribution in [3.63, 3.8) is 0 Å². The van der Waals surface area contributed by atoms with Crippen LogP contribution in [0, 0.1) is 5.82 Å². The van der Waals surface area contributed by atoms with E-state index in [1.165, 1.54) is 35.1 Å². The molecule has 2 aromatic carbocycles. The number of rotatable bonds is 6. The number of hydrogen-bond acceptors (Lipinski definition) is 6. The Balaban J connectivity index is 1.29. The Bertz CT molecular complexity index is 1600. The van der Waals surface area contributed by atoms with E-state index in [-0.39, 0.29) is 17.3 Å². The van der Waals surface area contributed by atoms with Crippen molar-refractivity contribution in [1.82, 2.24) is 30.3 Å². The number of aromatic amines is 1.